The first kappa shape index (κ1) is 19.1. The SMILES string of the molecule is COc1ccc([C@H](C(=O)[O-])[NH+]2CCN(C(=O)OC(C)(C)C)CC2)cc1. The first-order valence-electron chi connectivity index (χ1n) is 8.38. The van der Waals surface area contributed by atoms with Crippen LogP contribution in [0.3, 0.4) is 0 Å². The molecular weight excluding hydrogens is 324 g/mol. The van der Waals surface area contributed by atoms with Crippen molar-refractivity contribution in [2.75, 3.05) is 33.3 Å². The minimum absolute atomic E-state index is 0.360. The molecule has 1 aromatic rings. The average molecular weight is 350 g/mol. The molecule has 138 valence electrons. The second-order valence-electron chi connectivity index (χ2n) is 7.15. The second-order valence-corrected chi connectivity index (χ2v) is 7.15. The van der Waals surface area contributed by atoms with Crippen LogP contribution in [0.2, 0.25) is 0 Å². The van der Waals surface area contributed by atoms with Crippen molar-refractivity contribution in [1.82, 2.24) is 4.90 Å². The number of rotatable bonds is 4. The smallest absolute Gasteiger partial charge is 0.410 e. The zero-order valence-electron chi connectivity index (χ0n) is 15.2. The van der Waals surface area contributed by atoms with Gasteiger partial charge in [0.15, 0.2) is 6.04 Å². The fourth-order valence-corrected chi connectivity index (χ4v) is 2.93. The maximum Gasteiger partial charge on any atom is 0.410 e. The normalized spacial score (nSPS) is 17.0. The summed E-state index contributed by atoms with van der Waals surface area (Å²) in [6.07, 6.45) is -0.360. The van der Waals surface area contributed by atoms with Gasteiger partial charge in [-0.15, -0.1) is 0 Å². The van der Waals surface area contributed by atoms with Gasteiger partial charge in [-0.25, -0.2) is 4.79 Å². The first-order valence-corrected chi connectivity index (χ1v) is 8.38. The number of amides is 1. The van der Waals surface area contributed by atoms with Gasteiger partial charge in [0.05, 0.1) is 33.3 Å². The van der Waals surface area contributed by atoms with E-state index in [1.807, 2.05) is 20.8 Å². The molecule has 1 aliphatic heterocycles. The molecule has 7 nitrogen and oxygen atoms in total. The number of benzene rings is 1. The highest BCUT2D eigenvalue weighted by atomic mass is 16.6. The summed E-state index contributed by atoms with van der Waals surface area (Å²) >= 11 is 0. The Labute approximate surface area is 148 Å². The van der Waals surface area contributed by atoms with Gasteiger partial charge in [0, 0.05) is 5.56 Å². The molecule has 1 fully saturated rings. The molecule has 25 heavy (non-hydrogen) atoms. The zero-order valence-corrected chi connectivity index (χ0v) is 15.2. The minimum atomic E-state index is -1.12. The molecule has 2 rings (SSSR count). The number of ether oxygens (including phenoxy) is 2. The minimum Gasteiger partial charge on any atom is -0.544 e. The van der Waals surface area contributed by atoms with Crippen LogP contribution in [-0.4, -0.2) is 55.9 Å². The van der Waals surface area contributed by atoms with Gasteiger partial charge in [0.2, 0.25) is 0 Å². The number of piperazine rings is 1. The number of hydrogen-bond acceptors (Lipinski definition) is 5. The Hall–Kier alpha value is -2.28. The molecule has 0 radical (unpaired) electrons. The maximum atomic E-state index is 12.1. The summed E-state index contributed by atoms with van der Waals surface area (Å²) in [6, 6.07) is 6.19. The molecule has 0 saturated carbocycles. The van der Waals surface area contributed by atoms with Crippen LogP contribution in [0.5, 0.6) is 5.75 Å². The molecule has 1 aromatic carbocycles. The van der Waals surface area contributed by atoms with E-state index < -0.39 is 17.6 Å². The number of hydrogen-bond donors (Lipinski definition) is 1. The Morgan fingerprint density at radius 2 is 1.72 bits per heavy atom. The van der Waals surface area contributed by atoms with Gasteiger partial charge in [0.1, 0.15) is 17.3 Å². The van der Waals surface area contributed by atoms with Crippen LogP contribution in [-0.2, 0) is 9.53 Å². The summed E-state index contributed by atoms with van der Waals surface area (Å²) in [5.41, 5.74) is 0.124. The molecule has 1 saturated heterocycles. The summed E-state index contributed by atoms with van der Waals surface area (Å²) < 4.78 is 10.5. The lowest BCUT2D eigenvalue weighted by Crippen LogP contribution is -3.16. The molecule has 0 bridgehead atoms. The molecular formula is C18H26N2O5. The fraction of sp³-hybridized carbons (Fsp3) is 0.556. The van der Waals surface area contributed by atoms with Crippen molar-refractivity contribution in [3.63, 3.8) is 0 Å². The number of aliphatic carboxylic acids is 1. The van der Waals surface area contributed by atoms with Gasteiger partial charge in [-0.3, -0.25) is 4.90 Å². The van der Waals surface area contributed by atoms with Gasteiger partial charge < -0.3 is 24.3 Å². The fourth-order valence-electron chi connectivity index (χ4n) is 2.93. The third kappa shape index (κ3) is 5.09. The lowest BCUT2D eigenvalue weighted by Gasteiger charge is -2.37. The van der Waals surface area contributed by atoms with Crippen LogP contribution in [0.4, 0.5) is 4.79 Å². The lowest BCUT2D eigenvalue weighted by atomic mass is 10.0. The van der Waals surface area contributed by atoms with Crippen molar-refractivity contribution in [3.8, 4) is 5.75 Å². The molecule has 0 spiro atoms. The van der Waals surface area contributed by atoms with Crippen molar-refractivity contribution < 1.29 is 29.1 Å². The molecule has 1 atom stereocenters. The Bertz CT molecular complexity index is 601. The summed E-state index contributed by atoms with van der Waals surface area (Å²) in [4.78, 5) is 26.3. The van der Waals surface area contributed by atoms with Crippen LogP contribution in [0.25, 0.3) is 0 Å². The topological polar surface area (TPSA) is 83.3 Å². The van der Waals surface area contributed by atoms with Crippen molar-refractivity contribution in [2.24, 2.45) is 0 Å². The van der Waals surface area contributed by atoms with Crippen molar-refractivity contribution in [1.29, 1.82) is 0 Å². The summed E-state index contributed by atoms with van der Waals surface area (Å²) in [5.74, 6) is -0.448. The second kappa shape index (κ2) is 7.74. The summed E-state index contributed by atoms with van der Waals surface area (Å²) in [5, 5.41) is 11.7. The Morgan fingerprint density at radius 1 is 1.16 bits per heavy atom. The molecule has 1 aliphatic rings. The molecule has 7 heteroatoms. The van der Waals surface area contributed by atoms with E-state index in [4.69, 9.17) is 9.47 Å². The number of nitrogens with zero attached hydrogens (tertiary/aromatic N) is 1. The third-order valence-corrected chi connectivity index (χ3v) is 4.15. The highest BCUT2D eigenvalue weighted by Gasteiger charge is 2.32. The van der Waals surface area contributed by atoms with E-state index in [0.717, 1.165) is 4.90 Å². The van der Waals surface area contributed by atoms with Gasteiger partial charge in [-0.05, 0) is 45.0 Å². The van der Waals surface area contributed by atoms with E-state index in [2.05, 4.69) is 0 Å². The van der Waals surface area contributed by atoms with Gasteiger partial charge in [-0.1, -0.05) is 0 Å². The Morgan fingerprint density at radius 3 is 2.16 bits per heavy atom. The van der Waals surface area contributed by atoms with E-state index in [0.29, 0.717) is 37.5 Å². The van der Waals surface area contributed by atoms with Crippen molar-refractivity contribution in [2.45, 2.75) is 32.4 Å². The molecule has 0 aromatic heterocycles. The molecule has 1 amide bonds. The van der Waals surface area contributed by atoms with E-state index >= 15 is 0 Å². The number of quaternary nitrogens is 1. The molecule has 0 unspecified atom stereocenters. The Kier molecular flexibility index (Phi) is 5.89. The number of methoxy groups -OCH3 is 1. The van der Waals surface area contributed by atoms with Crippen molar-refractivity contribution >= 4 is 12.1 Å². The van der Waals surface area contributed by atoms with Crippen LogP contribution in [0.15, 0.2) is 24.3 Å². The quantitative estimate of drug-likeness (QED) is 0.801. The standard InChI is InChI=1S/C18H26N2O5/c1-18(2,3)25-17(23)20-11-9-19(10-12-20)15(16(21)22)13-5-7-14(24-4)8-6-13/h5-8,15H,9-12H2,1-4H3,(H,21,22)/t15-/m1/s1. The van der Waals surface area contributed by atoms with E-state index in [9.17, 15) is 14.7 Å². The largest absolute Gasteiger partial charge is 0.544 e. The highest BCUT2D eigenvalue weighted by molar-refractivity contribution is 5.72. The number of carbonyl (C=O) groups excluding carboxylic acids is 2. The van der Waals surface area contributed by atoms with Gasteiger partial charge in [0.25, 0.3) is 0 Å². The van der Waals surface area contributed by atoms with Crippen LogP contribution >= 0.6 is 0 Å². The highest BCUT2D eigenvalue weighted by Crippen LogP contribution is 2.16. The number of nitrogens with one attached hydrogen (secondary N) is 1. The van der Waals surface area contributed by atoms with Crippen LogP contribution in [0, 0.1) is 0 Å². The maximum absolute atomic E-state index is 12.1. The van der Waals surface area contributed by atoms with Crippen LogP contribution in [0.1, 0.15) is 32.4 Å². The predicted molar refractivity (Wildman–Crippen MR) is 89.2 cm³/mol. The number of carbonyl (C=O) groups is 2. The third-order valence-electron chi connectivity index (χ3n) is 4.15. The predicted octanol–water partition coefficient (Wildman–Crippen LogP) is -0.378. The number of carboxylic acid groups (broad SMARTS) is 1. The monoisotopic (exact) mass is 350 g/mol. The van der Waals surface area contributed by atoms with E-state index in [1.165, 1.54) is 0 Å². The molecule has 1 heterocycles. The Balaban J connectivity index is 2.03. The first-order chi connectivity index (χ1) is 11.7. The zero-order chi connectivity index (χ0) is 18.6. The van der Waals surface area contributed by atoms with Gasteiger partial charge >= 0.3 is 6.09 Å². The molecule has 0 aliphatic carbocycles. The summed E-state index contributed by atoms with van der Waals surface area (Å²) in [6.45, 7) is 7.40. The van der Waals surface area contributed by atoms with Gasteiger partial charge in [-0.2, -0.15) is 0 Å². The van der Waals surface area contributed by atoms with E-state index in [-0.39, 0.29) is 6.09 Å². The average Bonchev–Trinajstić information content (AvgIpc) is 2.54. The van der Waals surface area contributed by atoms with Crippen molar-refractivity contribution in [3.05, 3.63) is 29.8 Å². The summed E-state index contributed by atoms with van der Waals surface area (Å²) in [7, 11) is 1.56. The molecule has 1 N–H and O–H groups in total. The lowest BCUT2D eigenvalue weighted by molar-refractivity contribution is -0.928. The van der Waals surface area contributed by atoms with E-state index in [1.54, 1.807) is 36.3 Å². The van der Waals surface area contributed by atoms with Crippen LogP contribution < -0.4 is 14.7 Å². The number of carboxylic acids is 1.